The summed E-state index contributed by atoms with van der Waals surface area (Å²) < 4.78 is 0. The van der Waals surface area contributed by atoms with Gasteiger partial charge in [0.15, 0.2) is 0 Å². The summed E-state index contributed by atoms with van der Waals surface area (Å²) in [6.45, 7) is 12.2. The second kappa shape index (κ2) is 8.34. The maximum absolute atomic E-state index is 12.6. The van der Waals surface area contributed by atoms with E-state index in [1.807, 2.05) is 9.80 Å². The summed E-state index contributed by atoms with van der Waals surface area (Å²) in [5.74, 6) is 0.588. The van der Waals surface area contributed by atoms with Crippen LogP contribution in [0.2, 0.25) is 0 Å². The smallest absolute Gasteiger partial charge is 0.236 e. The Balaban J connectivity index is 2.67. The molecule has 1 aliphatic heterocycles. The van der Waals surface area contributed by atoms with E-state index in [0.29, 0.717) is 24.9 Å². The van der Waals surface area contributed by atoms with E-state index >= 15 is 0 Å². The average Bonchev–Trinajstić information content (AvgIpc) is 2.37. The number of amides is 2. The van der Waals surface area contributed by atoms with Crippen LogP contribution in [0.15, 0.2) is 0 Å². The van der Waals surface area contributed by atoms with Crippen LogP contribution in [0, 0.1) is 11.8 Å². The van der Waals surface area contributed by atoms with Crippen LogP contribution in [0.5, 0.6) is 0 Å². The Bertz CT molecular complexity index is 348. The Morgan fingerprint density at radius 1 is 1.24 bits per heavy atom. The standard InChI is InChI=1S/C15H30N4O2/c1-11(2)8-19(9-12(3)4)14(20)10-18-6-5-17-7-13(18)15(16)21/h11-13,17H,5-10H2,1-4H3,(H2,16,21). The molecule has 1 fully saturated rings. The highest BCUT2D eigenvalue weighted by Crippen LogP contribution is 2.08. The lowest BCUT2D eigenvalue weighted by Gasteiger charge is -2.35. The van der Waals surface area contributed by atoms with Gasteiger partial charge in [0.25, 0.3) is 0 Å². The minimum atomic E-state index is -0.386. The number of carbonyl (C=O) groups excluding carboxylic acids is 2. The van der Waals surface area contributed by atoms with Crippen molar-refractivity contribution >= 4 is 11.8 Å². The normalized spacial score (nSPS) is 20.0. The summed E-state index contributed by atoms with van der Waals surface area (Å²) in [5.41, 5.74) is 5.43. The molecule has 1 rings (SSSR count). The van der Waals surface area contributed by atoms with Crippen molar-refractivity contribution < 1.29 is 9.59 Å². The second-order valence-electron chi connectivity index (χ2n) is 6.68. The van der Waals surface area contributed by atoms with Crippen LogP contribution in [0.4, 0.5) is 0 Å². The van der Waals surface area contributed by atoms with E-state index in [9.17, 15) is 9.59 Å². The van der Waals surface area contributed by atoms with E-state index in [4.69, 9.17) is 5.73 Å². The van der Waals surface area contributed by atoms with Gasteiger partial charge in [0.1, 0.15) is 6.04 Å². The van der Waals surface area contributed by atoms with E-state index in [0.717, 1.165) is 19.6 Å². The Labute approximate surface area is 128 Å². The van der Waals surface area contributed by atoms with Gasteiger partial charge in [-0.2, -0.15) is 0 Å². The van der Waals surface area contributed by atoms with E-state index in [-0.39, 0.29) is 24.4 Å². The first-order valence-corrected chi connectivity index (χ1v) is 7.83. The Hall–Kier alpha value is -1.14. The number of piperazine rings is 1. The van der Waals surface area contributed by atoms with Gasteiger partial charge in [0.2, 0.25) is 11.8 Å². The van der Waals surface area contributed by atoms with Crippen LogP contribution >= 0.6 is 0 Å². The molecule has 1 saturated heterocycles. The third kappa shape index (κ3) is 6.01. The fourth-order valence-corrected chi connectivity index (χ4v) is 2.65. The van der Waals surface area contributed by atoms with Crippen LogP contribution in [-0.2, 0) is 9.59 Å². The maximum Gasteiger partial charge on any atom is 0.236 e. The average molecular weight is 298 g/mol. The van der Waals surface area contributed by atoms with Crippen molar-refractivity contribution in [1.82, 2.24) is 15.1 Å². The molecular weight excluding hydrogens is 268 g/mol. The molecule has 1 unspecified atom stereocenters. The lowest BCUT2D eigenvalue weighted by atomic mass is 10.1. The number of nitrogens with one attached hydrogen (secondary N) is 1. The molecule has 0 radical (unpaired) electrons. The first kappa shape index (κ1) is 17.9. The Morgan fingerprint density at radius 3 is 2.29 bits per heavy atom. The highest BCUT2D eigenvalue weighted by Gasteiger charge is 2.29. The molecule has 0 spiro atoms. The number of hydrogen-bond acceptors (Lipinski definition) is 4. The summed E-state index contributed by atoms with van der Waals surface area (Å²) in [6, 6.07) is -0.386. The van der Waals surface area contributed by atoms with Gasteiger partial charge < -0.3 is 16.0 Å². The van der Waals surface area contributed by atoms with Gasteiger partial charge in [-0.05, 0) is 11.8 Å². The minimum absolute atomic E-state index is 0.0885. The topological polar surface area (TPSA) is 78.7 Å². The van der Waals surface area contributed by atoms with Crippen molar-refractivity contribution in [2.75, 3.05) is 39.3 Å². The van der Waals surface area contributed by atoms with Crippen molar-refractivity contribution in [3.8, 4) is 0 Å². The summed E-state index contributed by atoms with van der Waals surface area (Å²) in [6.07, 6.45) is 0. The van der Waals surface area contributed by atoms with Gasteiger partial charge in [-0.25, -0.2) is 0 Å². The number of nitrogens with zero attached hydrogens (tertiary/aromatic N) is 2. The van der Waals surface area contributed by atoms with Crippen molar-refractivity contribution in [3.63, 3.8) is 0 Å². The summed E-state index contributed by atoms with van der Waals surface area (Å²) in [5, 5.41) is 3.15. The van der Waals surface area contributed by atoms with Crippen LogP contribution in [0.1, 0.15) is 27.7 Å². The van der Waals surface area contributed by atoms with E-state index in [1.54, 1.807) is 0 Å². The fraction of sp³-hybridized carbons (Fsp3) is 0.867. The Kier molecular flexibility index (Phi) is 7.11. The number of hydrogen-bond donors (Lipinski definition) is 2. The largest absolute Gasteiger partial charge is 0.368 e. The molecule has 122 valence electrons. The highest BCUT2D eigenvalue weighted by atomic mass is 16.2. The van der Waals surface area contributed by atoms with Crippen LogP contribution in [-0.4, -0.2) is 66.9 Å². The predicted octanol–water partition coefficient (Wildman–Crippen LogP) is -0.114. The number of nitrogens with two attached hydrogens (primary N) is 1. The third-order valence-electron chi connectivity index (χ3n) is 3.54. The molecule has 0 aromatic rings. The first-order chi connectivity index (χ1) is 9.81. The molecule has 0 saturated carbocycles. The van der Waals surface area contributed by atoms with Crippen molar-refractivity contribution in [2.24, 2.45) is 17.6 Å². The highest BCUT2D eigenvalue weighted by molar-refractivity contribution is 5.82. The van der Waals surface area contributed by atoms with Gasteiger partial charge in [0, 0.05) is 32.7 Å². The monoisotopic (exact) mass is 298 g/mol. The molecule has 6 heteroatoms. The molecule has 6 nitrogen and oxygen atoms in total. The summed E-state index contributed by atoms with van der Waals surface area (Å²) in [7, 11) is 0. The molecule has 0 aromatic heterocycles. The fourth-order valence-electron chi connectivity index (χ4n) is 2.65. The molecule has 21 heavy (non-hydrogen) atoms. The van der Waals surface area contributed by atoms with Gasteiger partial charge in [-0.15, -0.1) is 0 Å². The molecule has 0 bridgehead atoms. The molecule has 2 amide bonds. The summed E-state index contributed by atoms with van der Waals surface area (Å²) in [4.78, 5) is 27.9. The Morgan fingerprint density at radius 2 is 1.81 bits per heavy atom. The zero-order chi connectivity index (χ0) is 16.0. The zero-order valence-corrected chi connectivity index (χ0v) is 13.8. The van der Waals surface area contributed by atoms with Gasteiger partial charge in [0.05, 0.1) is 6.54 Å². The molecular formula is C15H30N4O2. The third-order valence-corrected chi connectivity index (χ3v) is 3.54. The molecule has 0 aliphatic carbocycles. The van der Waals surface area contributed by atoms with Crippen molar-refractivity contribution in [2.45, 2.75) is 33.7 Å². The molecule has 0 aromatic carbocycles. The molecule has 3 N–H and O–H groups in total. The molecule has 1 atom stereocenters. The van der Waals surface area contributed by atoms with E-state index in [2.05, 4.69) is 33.0 Å². The predicted molar refractivity (Wildman–Crippen MR) is 83.7 cm³/mol. The van der Waals surface area contributed by atoms with Crippen molar-refractivity contribution in [1.29, 1.82) is 0 Å². The quantitative estimate of drug-likeness (QED) is 0.687. The first-order valence-electron chi connectivity index (χ1n) is 7.83. The zero-order valence-electron chi connectivity index (χ0n) is 13.8. The van der Waals surface area contributed by atoms with Crippen LogP contribution in [0.25, 0.3) is 0 Å². The van der Waals surface area contributed by atoms with Gasteiger partial charge in [-0.3, -0.25) is 14.5 Å². The van der Waals surface area contributed by atoms with Crippen molar-refractivity contribution in [3.05, 3.63) is 0 Å². The minimum Gasteiger partial charge on any atom is -0.368 e. The molecule has 1 heterocycles. The van der Waals surface area contributed by atoms with Gasteiger partial charge in [-0.1, -0.05) is 27.7 Å². The lowest BCUT2D eigenvalue weighted by Crippen LogP contribution is -2.59. The number of primary amides is 1. The maximum atomic E-state index is 12.6. The van der Waals surface area contributed by atoms with Crippen LogP contribution < -0.4 is 11.1 Å². The van der Waals surface area contributed by atoms with E-state index in [1.165, 1.54) is 0 Å². The molecule has 1 aliphatic rings. The summed E-state index contributed by atoms with van der Waals surface area (Å²) >= 11 is 0. The van der Waals surface area contributed by atoms with Gasteiger partial charge >= 0.3 is 0 Å². The van der Waals surface area contributed by atoms with Crippen LogP contribution in [0.3, 0.4) is 0 Å². The van der Waals surface area contributed by atoms with E-state index < -0.39 is 0 Å². The lowest BCUT2D eigenvalue weighted by molar-refractivity contribution is -0.135. The second-order valence-corrected chi connectivity index (χ2v) is 6.68. The number of carbonyl (C=O) groups is 2. The number of rotatable bonds is 7. The SMILES string of the molecule is CC(C)CN(CC(C)C)C(=O)CN1CCNCC1C(N)=O.